The summed E-state index contributed by atoms with van der Waals surface area (Å²) in [5, 5.41) is 13.4. The van der Waals surface area contributed by atoms with E-state index in [-0.39, 0.29) is 34.2 Å². The molecule has 0 aromatic heterocycles. The Balaban J connectivity index is 2.21. The lowest BCUT2D eigenvalue weighted by atomic mass is 10.1. The number of anilines is 1. The minimum Gasteiger partial charge on any atom is -0.496 e. The monoisotopic (exact) mass is 434 g/mol. The SMILES string of the molecule is COc1ccc([N+](=O)[O-])cc1NC(=O)[C@@H](C)OC(=O)c1cc(OC)c(OC)cc1OC. The van der Waals surface area contributed by atoms with Crippen LogP contribution in [0.15, 0.2) is 30.3 Å². The van der Waals surface area contributed by atoms with E-state index in [1.54, 1.807) is 0 Å². The van der Waals surface area contributed by atoms with Gasteiger partial charge in [0, 0.05) is 24.3 Å². The van der Waals surface area contributed by atoms with Gasteiger partial charge in [-0.2, -0.15) is 0 Å². The molecule has 0 fully saturated rings. The topological polar surface area (TPSA) is 135 Å². The van der Waals surface area contributed by atoms with E-state index < -0.39 is 22.9 Å². The fraction of sp³-hybridized carbons (Fsp3) is 0.300. The second-order valence-electron chi connectivity index (χ2n) is 6.09. The van der Waals surface area contributed by atoms with Crippen LogP contribution in [0.25, 0.3) is 0 Å². The average Bonchev–Trinajstić information content (AvgIpc) is 2.77. The minimum atomic E-state index is -1.24. The van der Waals surface area contributed by atoms with Gasteiger partial charge in [0.05, 0.1) is 39.0 Å². The van der Waals surface area contributed by atoms with Crippen molar-refractivity contribution < 1.29 is 38.2 Å². The van der Waals surface area contributed by atoms with Crippen molar-refractivity contribution in [2.45, 2.75) is 13.0 Å². The molecule has 2 aromatic carbocycles. The molecule has 2 rings (SSSR count). The normalized spacial score (nSPS) is 11.1. The minimum absolute atomic E-state index is 0.0210. The quantitative estimate of drug-likeness (QED) is 0.359. The Bertz CT molecular complexity index is 991. The molecule has 0 heterocycles. The Labute approximate surface area is 178 Å². The van der Waals surface area contributed by atoms with E-state index in [0.29, 0.717) is 5.75 Å². The van der Waals surface area contributed by atoms with Crippen LogP contribution >= 0.6 is 0 Å². The molecule has 0 saturated heterocycles. The molecular formula is C20H22N2O9. The second-order valence-corrected chi connectivity index (χ2v) is 6.09. The van der Waals surface area contributed by atoms with Gasteiger partial charge >= 0.3 is 5.97 Å². The number of hydrogen-bond acceptors (Lipinski definition) is 9. The molecule has 0 aliphatic heterocycles. The summed E-state index contributed by atoms with van der Waals surface area (Å²) in [4.78, 5) is 35.5. The third kappa shape index (κ3) is 5.32. The molecule has 0 radical (unpaired) electrons. The molecule has 1 atom stereocenters. The zero-order chi connectivity index (χ0) is 23.1. The highest BCUT2D eigenvalue weighted by Gasteiger charge is 2.25. The number of benzene rings is 2. The van der Waals surface area contributed by atoms with E-state index in [1.807, 2.05) is 0 Å². The van der Waals surface area contributed by atoms with E-state index in [0.717, 1.165) is 6.07 Å². The lowest BCUT2D eigenvalue weighted by molar-refractivity contribution is -0.384. The first-order valence-corrected chi connectivity index (χ1v) is 8.90. The fourth-order valence-electron chi connectivity index (χ4n) is 2.61. The summed E-state index contributed by atoms with van der Waals surface area (Å²) in [6, 6.07) is 6.55. The summed E-state index contributed by atoms with van der Waals surface area (Å²) in [5.74, 6) is -0.569. The molecule has 2 aromatic rings. The predicted molar refractivity (Wildman–Crippen MR) is 109 cm³/mol. The lowest BCUT2D eigenvalue weighted by Crippen LogP contribution is -2.30. The van der Waals surface area contributed by atoms with E-state index in [2.05, 4.69) is 5.32 Å². The number of amides is 1. The number of ether oxygens (including phenoxy) is 5. The summed E-state index contributed by atoms with van der Waals surface area (Å²) in [5.41, 5.74) is -0.156. The van der Waals surface area contributed by atoms with Gasteiger partial charge in [0.15, 0.2) is 17.6 Å². The molecule has 0 aliphatic carbocycles. The van der Waals surface area contributed by atoms with Gasteiger partial charge in [0.1, 0.15) is 17.1 Å². The first kappa shape index (κ1) is 23.3. The summed E-state index contributed by atoms with van der Waals surface area (Å²) in [6.07, 6.45) is -1.24. The number of non-ortho nitro benzene ring substituents is 1. The van der Waals surface area contributed by atoms with Gasteiger partial charge in [0.2, 0.25) is 0 Å². The smallest absolute Gasteiger partial charge is 0.342 e. The van der Waals surface area contributed by atoms with Crippen molar-refractivity contribution in [1.29, 1.82) is 0 Å². The highest BCUT2D eigenvalue weighted by atomic mass is 16.6. The summed E-state index contributed by atoms with van der Waals surface area (Å²) in [6.45, 7) is 1.35. The molecule has 166 valence electrons. The van der Waals surface area contributed by atoms with Crippen LogP contribution < -0.4 is 24.3 Å². The molecule has 11 heteroatoms. The second kappa shape index (κ2) is 10.1. The number of nitrogens with one attached hydrogen (secondary N) is 1. The number of nitro benzene ring substituents is 1. The van der Waals surface area contributed by atoms with Crippen LogP contribution in [-0.2, 0) is 9.53 Å². The van der Waals surface area contributed by atoms with Crippen molar-refractivity contribution in [3.63, 3.8) is 0 Å². The van der Waals surface area contributed by atoms with Gasteiger partial charge in [-0.25, -0.2) is 4.79 Å². The molecule has 1 amide bonds. The van der Waals surface area contributed by atoms with Gasteiger partial charge in [-0.15, -0.1) is 0 Å². The Kier molecular flexibility index (Phi) is 7.61. The number of nitro groups is 1. The molecule has 0 aliphatic rings. The van der Waals surface area contributed by atoms with E-state index >= 15 is 0 Å². The van der Waals surface area contributed by atoms with E-state index in [1.165, 1.54) is 59.6 Å². The Hall–Kier alpha value is -4.02. The summed E-state index contributed by atoms with van der Waals surface area (Å²) < 4.78 is 25.9. The van der Waals surface area contributed by atoms with Crippen molar-refractivity contribution >= 4 is 23.3 Å². The van der Waals surface area contributed by atoms with Crippen molar-refractivity contribution in [3.05, 3.63) is 46.0 Å². The predicted octanol–water partition coefficient (Wildman–Crippen LogP) is 2.81. The van der Waals surface area contributed by atoms with Gasteiger partial charge in [-0.1, -0.05) is 0 Å². The highest BCUT2D eigenvalue weighted by molar-refractivity contribution is 5.99. The van der Waals surface area contributed by atoms with Crippen molar-refractivity contribution in [3.8, 4) is 23.0 Å². The number of rotatable bonds is 9. The molecule has 0 unspecified atom stereocenters. The highest BCUT2D eigenvalue weighted by Crippen LogP contribution is 2.35. The molecule has 0 spiro atoms. The first-order chi connectivity index (χ1) is 14.7. The number of carbonyl (C=O) groups is 2. The first-order valence-electron chi connectivity index (χ1n) is 8.90. The maximum absolute atomic E-state index is 12.6. The molecular weight excluding hydrogens is 412 g/mol. The molecule has 11 nitrogen and oxygen atoms in total. The van der Waals surface area contributed by atoms with Crippen LogP contribution in [0.2, 0.25) is 0 Å². The van der Waals surface area contributed by atoms with Gasteiger partial charge in [0.25, 0.3) is 11.6 Å². The number of esters is 1. The van der Waals surface area contributed by atoms with Gasteiger partial charge in [-0.05, 0) is 13.0 Å². The molecule has 0 saturated carbocycles. The van der Waals surface area contributed by atoms with E-state index in [9.17, 15) is 19.7 Å². The standard InChI is InChI=1S/C20H22N2O9/c1-11(19(23)21-14-8-12(22(25)26)6-7-15(14)27-2)31-20(24)13-9-17(29-4)18(30-5)10-16(13)28-3/h6-11H,1-5H3,(H,21,23)/t11-/m1/s1. The van der Waals surface area contributed by atoms with Crippen molar-refractivity contribution in [2.24, 2.45) is 0 Å². The van der Waals surface area contributed by atoms with Crippen LogP contribution in [0.4, 0.5) is 11.4 Å². The van der Waals surface area contributed by atoms with Crippen LogP contribution in [0.3, 0.4) is 0 Å². The number of nitrogens with zero attached hydrogens (tertiary/aromatic N) is 1. The van der Waals surface area contributed by atoms with Crippen molar-refractivity contribution in [2.75, 3.05) is 33.8 Å². The maximum Gasteiger partial charge on any atom is 0.342 e. The van der Waals surface area contributed by atoms with Crippen LogP contribution in [0.1, 0.15) is 17.3 Å². The summed E-state index contributed by atoms with van der Waals surface area (Å²) in [7, 11) is 5.55. The maximum atomic E-state index is 12.6. The zero-order valence-corrected chi connectivity index (χ0v) is 17.6. The van der Waals surface area contributed by atoms with E-state index in [4.69, 9.17) is 23.7 Å². The van der Waals surface area contributed by atoms with Crippen molar-refractivity contribution in [1.82, 2.24) is 0 Å². The summed E-state index contributed by atoms with van der Waals surface area (Å²) >= 11 is 0. The number of methoxy groups -OCH3 is 4. The third-order valence-electron chi connectivity index (χ3n) is 4.23. The molecule has 31 heavy (non-hydrogen) atoms. The Morgan fingerprint density at radius 1 is 0.903 bits per heavy atom. The average molecular weight is 434 g/mol. The Morgan fingerprint density at radius 2 is 1.48 bits per heavy atom. The lowest BCUT2D eigenvalue weighted by Gasteiger charge is -2.17. The molecule has 1 N–H and O–H groups in total. The number of hydrogen-bond donors (Lipinski definition) is 1. The third-order valence-corrected chi connectivity index (χ3v) is 4.23. The van der Waals surface area contributed by atoms with Crippen LogP contribution in [-0.4, -0.2) is 51.3 Å². The molecule has 0 bridgehead atoms. The van der Waals surface area contributed by atoms with Crippen LogP contribution in [0.5, 0.6) is 23.0 Å². The van der Waals surface area contributed by atoms with Gasteiger partial charge < -0.3 is 29.0 Å². The largest absolute Gasteiger partial charge is 0.496 e. The number of carbonyl (C=O) groups excluding carboxylic acids is 2. The van der Waals surface area contributed by atoms with Gasteiger partial charge in [-0.3, -0.25) is 14.9 Å². The fourth-order valence-corrected chi connectivity index (χ4v) is 2.61. The Morgan fingerprint density at radius 3 is 2.03 bits per heavy atom. The van der Waals surface area contributed by atoms with Crippen LogP contribution in [0, 0.1) is 10.1 Å². The zero-order valence-electron chi connectivity index (χ0n) is 17.6.